The first-order chi connectivity index (χ1) is 20.8. The summed E-state index contributed by atoms with van der Waals surface area (Å²) in [6.07, 6.45) is 2.73. The molecule has 4 N–H and O–H groups in total. The van der Waals surface area contributed by atoms with Crippen LogP contribution < -0.4 is 0 Å². The zero-order valence-corrected chi connectivity index (χ0v) is 30.3. The lowest BCUT2D eigenvalue weighted by molar-refractivity contribution is -0.133. The molecule has 2 aromatic rings. The molecule has 0 heterocycles. The Kier molecular flexibility index (Phi) is 12.2. The highest BCUT2D eigenvalue weighted by atomic mass is 16.4. The highest BCUT2D eigenvalue weighted by Gasteiger charge is 2.25. The monoisotopic (exact) mass is 634 g/mol. The van der Waals surface area contributed by atoms with Gasteiger partial charge < -0.3 is 20.4 Å². The van der Waals surface area contributed by atoms with Crippen molar-refractivity contribution in [3.63, 3.8) is 0 Å². The SMILES string of the molecule is CC(C)(C)c1cc(C(O)=C(CCCCCCC(C(=O)O)=C(O)c2cc(C(C)(C)C)cc(C(C)(C)C)c2)C(=O)O)cc(C(C)(C)C)c1. The van der Waals surface area contributed by atoms with Gasteiger partial charge in [0.2, 0.25) is 0 Å². The van der Waals surface area contributed by atoms with E-state index in [4.69, 9.17) is 0 Å². The number of carboxylic acids is 2. The number of aliphatic hydroxyl groups excluding tert-OH is 2. The van der Waals surface area contributed by atoms with Crippen LogP contribution in [0.4, 0.5) is 0 Å². The third-order valence-electron chi connectivity index (χ3n) is 8.57. The molecule has 0 saturated heterocycles. The van der Waals surface area contributed by atoms with Crippen LogP contribution in [0.15, 0.2) is 47.5 Å². The fraction of sp³-hybridized carbons (Fsp3) is 0.550. The highest BCUT2D eigenvalue weighted by Crippen LogP contribution is 2.35. The molecule has 0 aromatic heterocycles. The minimum absolute atomic E-state index is 0.0249. The molecule has 0 unspecified atom stereocenters. The Hall–Kier alpha value is -3.54. The number of benzene rings is 2. The summed E-state index contributed by atoms with van der Waals surface area (Å²) in [7, 11) is 0. The number of carbonyl (C=O) groups is 2. The second kappa shape index (κ2) is 14.5. The second-order valence-corrected chi connectivity index (χ2v) is 16.8. The van der Waals surface area contributed by atoms with E-state index in [0.717, 1.165) is 22.3 Å². The number of aliphatic carboxylic acids is 2. The predicted molar refractivity (Wildman–Crippen MR) is 190 cm³/mol. The Morgan fingerprint density at radius 2 is 0.674 bits per heavy atom. The first-order valence-corrected chi connectivity index (χ1v) is 16.5. The third kappa shape index (κ3) is 10.5. The van der Waals surface area contributed by atoms with Gasteiger partial charge in [-0.15, -0.1) is 0 Å². The topological polar surface area (TPSA) is 115 Å². The fourth-order valence-corrected chi connectivity index (χ4v) is 5.22. The van der Waals surface area contributed by atoms with Crippen LogP contribution in [0.5, 0.6) is 0 Å². The van der Waals surface area contributed by atoms with Crippen LogP contribution in [-0.2, 0) is 31.2 Å². The van der Waals surface area contributed by atoms with Gasteiger partial charge in [-0.25, -0.2) is 9.59 Å². The summed E-state index contributed by atoms with van der Waals surface area (Å²) < 4.78 is 0. The maximum atomic E-state index is 12.2. The van der Waals surface area contributed by atoms with E-state index in [9.17, 15) is 30.0 Å². The molecule has 0 radical (unpaired) electrons. The number of hydrogen-bond donors (Lipinski definition) is 4. The average molecular weight is 635 g/mol. The molecule has 2 rings (SSSR count). The van der Waals surface area contributed by atoms with Gasteiger partial charge in [0.15, 0.2) is 0 Å². The molecule has 0 saturated carbocycles. The summed E-state index contributed by atoms with van der Waals surface area (Å²) in [5, 5.41) is 42.3. The van der Waals surface area contributed by atoms with E-state index in [2.05, 4.69) is 95.2 Å². The summed E-state index contributed by atoms with van der Waals surface area (Å²) in [6.45, 7) is 25.1. The van der Waals surface area contributed by atoms with Gasteiger partial charge in [0.05, 0.1) is 11.1 Å². The van der Waals surface area contributed by atoms with E-state index < -0.39 is 11.9 Å². The zero-order valence-electron chi connectivity index (χ0n) is 30.3. The normalized spacial score (nSPS) is 14.1. The predicted octanol–water partition coefficient (Wildman–Crippen LogP) is 10.6. The summed E-state index contributed by atoms with van der Waals surface area (Å²) in [4.78, 5) is 24.5. The maximum Gasteiger partial charge on any atom is 0.335 e. The molecule has 6 nitrogen and oxygen atoms in total. The molecule has 46 heavy (non-hydrogen) atoms. The Balaban J connectivity index is 2.24. The minimum atomic E-state index is -1.15. The molecule has 0 aliphatic rings. The number of aliphatic hydroxyl groups is 2. The Morgan fingerprint density at radius 3 is 0.870 bits per heavy atom. The van der Waals surface area contributed by atoms with Gasteiger partial charge >= 0.3 is 11.9 Å². The molecule has 0 atom stereocenters. The molecule has 0 amide bonds. The molecule has 0 aliphatic carbocycles. The van der Waals surface area contributed by atoms with Gasteiger partial charge in [0, 0.05) is 11.1 Å². The van der Waals surface area contributed by atoms with E-state index in [-0.39, 0.29) is 57.2 Å². The Morgan fingerprint density at radius 1 is 0.435 bits per heavy atom. The summed E-state index contributed by atoms with van der Waals surface area (Å²) in [5.74, 6) is -2.72. The van der Waals surface area contributed by atoms with Crippen molar-refractivity contribution in [2.75, 3.05) is 0 Å². The largest absolute Gasteiger partial charge is 0.507 e. The van der Waals surface area contributed by atoms with E-state index in [1.54, 1.807) is 0 Å². The lowest BCUT2D eigenvalue weighted by Gasteiger charge is -2.26. The number of hydrogen-bond acceptors (Lipinski definition) is 4. The van der Waals surface area contributed by atoms with Crippen LogP contribution >= 0.6 is 0 Å². The Labute approximate surface area is 277 Å². The van der Waals surface area contributed by atoms with Crippen LogP contribution in [0.2, 0.25) is 0 Å². The van der Waals surface area contributed by atoms with Gasteiger partial charge in [-0.05, 0) is 93.9 Å². The molecule has 6 heteroatoms. The second-order valence-electron chi connectivity index (χ2n) is 16.8. The lowest BCUT2D eigenvalue weighted by atomic mass is 9.79. The van der Waals surface area contributed by atoms with Crippen molar-refractivity contribution in [2.24, 2.45) is 0 Å². The van der Waals surface area contributed by atoms with Gasteiger partial charge in [-0.2, -0.15) is 0 Å². The van der Waals surface area contributed by atoms with Crippen LogP contribution in [0.3, 0.4) is 0 Å². The van der Waals surface area contributed by atoms with Gasteiger partial charge in [0.1, 0.15) is 11.5 Å². The Bertz CT molecular complexity index is 1300. The summed E-state index contributed by atoms with van der Waals surface area (Å²) in [5.41, 5.74) is 4.34. The standard InChI is InChI=1S/C40H58O6/c1-37(2,3)27-19-25(20-28(23-27)38(4,5)6)33(41)31(35(43)44)17-15-13-14-16-18-32(36(45)46)34(42)26-21-29(39(7,8)9)24-30(22-26)40(10,11)12/h19-24,41-42H,13-18H2,1-12H3,(H,43,44)(H,45,46). The third-order valence-corrected chi connectivity index (χ3v) is 8.57. The molecule has 0 spiro atoms. The first-order valence-electron chi connectivity index (χ1n) is 16.5. The fourth-order valence-electron chi connectivity index (χ4n) is 5.22. The van der Waals surface area contributed by atoms with E-state index in [0.29, 0.717) is 36.8 Å². The van der Waals surface area contributed by atoms with Gasteiger partial charge in [0.25, 0.3) is 0 Å². The minimum Gasteiger partial charge on any atom is -0.507 e. The molecule has 0 fully saturated rings. The van der Waals surface area contributed by atoms with Gasteiger partial charge in [-0.1, -0.05) is 108 Å². The number of carboxylic acid groups (broad SMARTS) is 2. The number of rotatable bonds is 11. The summed E-state index contributed by atoms with van der Waals surface area (Å²) >= 11 is 0. The smallest absolute Gasteiger partial charge is 0.335 e. The van der Waals surface area contributed by atoms with Crippen molar-refractivity contribution in [1.82, 2.24) is 0 Å². The lowest BCUT2D eigenvalue weighted by Crippen LogP contribution is -2.17. The van der Waals surface area contributed by atoms with Crippen molar-refractivity contribution in [1.29, 1.82) is 0 Å². The molecule has 254 valence electrons. The zero-order chi connectivity index (χ0) is 35.4. The molecular formula is C40H58O6. The van der Waals surface area contributed by atoms with Crippen molar-refractivity contribution >= 4 is 23.5 Å². The molecule has 2 aromatic carbocycles. The molecule has 0 aliphatic heterocycles. The maximum absolute atomic E-state index is 12.2. The van der Waals surface area contributed by atoms with Gasteiger partial charge in [-0.3, -0.25) is 0 Å². The molecular weight excluding hydrogens is 576 g/mol. The van der Waals surface area contributed by atoms with Crippen molar-refractivity contribution in [3.05, 3.63) is 80.9 Å². The van der Waals surface area contributed by atoms with Crippen molar-refractivity contribution < 1.29 is 30.0 Å². The van der Waals surface area contributed by atoms with E-state index in [1.165, 1.54) is 0 Å². The first kappa shape index (κ1) is 38.6. The van der Waals surface area contributed by atoms with E-state index in [1.807, 2.05) is 24.3 Å². The average Bonchev–Trinajstić information content (AvgIpc) is 2.91. The molecule has 0 bridgehead atoms. The van der Waals surface area contributed by atoms with Crippen molar-refractivity contribution in [3.8, 4) is 0 Å². The number of unbranched alkanes of at least 4 members (excludes halogenated alkanes) is 3. The highest BCUT2D eigenvalue weighted by molar-refractivity contribution is 5.95. The van der Waals surface area contributed by atoms with Crippen LogP contribution in [0.1, 0.15) is 155 Å². The summed E-state index contributed by atoms with van der Waals surface area (Å²) in [6, 6.07) is 11.8. The quantitative estimate of drug-likeness (QED) is 0.111. The van der Waals surface area contributed by atoms with Crippen LogP contribution in [0.25, 0.3) is 11.5 Å². The van der Waals surface area contributed by atoms with E-state index >= 15 is 0 Å². The van der Waals surface area contributed by atoms with Crippen LogP contribution in [-0.4, -0.2) is 32.4 Å². The van der Waals surface area contributed by atoms with Crippen LogP contribution in [0, 0.1) is 0 Å². The van der Waals surface area contributed by atoms with Crippen molar-refractivity contribution in [2.45, 2.75) is 143 Å².